The van der Waals surface area contributed by atoms with E-state index in [1.54, 1.807) is 31.6 Å². The zero-order valence-electron chi connectivity index (χ0n) is 8.60. The quantitative estimate of drug-likeness (QED) is 0.704. The van der Waals surface area contributed by atoms with Crippen LogP contribution in [0, 0.1) is 0 Å². The van der Waals surface area contributed by atoms with Crippen LogP contribution in [-0.4, -0.2) is 32.7 Å². The molecule has 84 valence electrons. The van der Waals surface area contributed by atoms with Crippen molar-refractivity contribution in [1.82, 2.24) is 15.0 Å². The number of rotatable bonds is 6. The lowest BCUT2D eigenvalue weighted by atomic mass is 10.3. The molecule has 1 aromatic rings. The van der Waals surface area contributed by atoms with Crippen LogP contribution in [0.15, 0.2) is 24.5 Å². The Morgan fingerprint density at radius 3 is 2.60 bits per heavy atom. The molecule has 0 aromatic carbocycles. The fourth-order valence-corrected chi connectivity index (χ4v) is 2.01. The molecular formula is C9H15N3O2S. The Morgan fingerprint density at radius 2 is 2.00 bits per heavy atom. The van der Waals surface area contributed by atoms with E-state index in [1.807, 2.05) is 0 Å². The minimum Gasteiger partial charge on any atom is -0.319 e. The van der Waals surface area contributed by atoms with Crippen LogP contribution in [0.3, 0.4) is 0 Å². The van der Waals surface area contributed by atoms with Gasteiger partial charge in [0.25, 0.3) is 0 Å². The van der Waals surface area contributed by atoms with E-state index in [-0.39, 0.29) is 5.75 Å². The van der Waals surface area contributed by atoms with Gasteiger partial charge >= 0.3 is 0 Å². The maximum absolute atomic E-state index is 11.4. The average Bonchev–Trinajstić information content (AvgIpc) is 2.25. The van der Waals surface area contributed by atoms with Gasteiger partial charge in [0.1, 0.15) is 0 Å². The van der Waals surface area contributed by atoms with Crippen molar-refractivity contribution in [3.8, 4) is 0 Å². The monoisotopic (exact) mass is 229 g/mol. The summed E-state index contributed by atoms with van der Waals surface area (Å²) in [6.07, 6.45) is 3.27. The predicted molar refractivity (Wildman–Crippen MR) is 58.8 cm³/mol. The first-order valence-electron chi connectivity index (χ1n) is 4.65. The van der Waals surface area contributed by atoms with Crippen molar-refractivity contribution in [2.75, 3.05) is 19.3 Å². The highest BCUT2D eigenvalue weighted by atomic mass is 32.2. The van der Waals surface area contributed by atoms with Crippen molar-refractivity contribution in [2.45, 2.75) is 6.54 Å². The van der Waals surface area contributed by atoms with Gasteiger partial charge in [0.05, 0.1) is 5.75 Å². The minimum absolute atomic E-state index is 0.0918. The minimum atomic E-state index is -3.17. The van der Waals surface area contributed by atoms with Crippen LogP contribution >= 0.6 is 0 Å². The molecule has 1 rings (SSSR count). The van der Waals surface area contributed by atoms with Crippen molar-refractivity contribution < 1.29 is 8.42 Å². The molecule has 0 amide bonds. The summed E-state index contributed by atoms with van der Waals surface area (Å²) in [6, 6.07) is 3.56. The van der Waals surface area contributed by atoms with Gasteiger partial charge in [0, 0.05) is 25.5 Å². The van der Waals surface area contributed by atoms with Crippen molar-refractivity contribution in [1.29, 1.82) is 0 Å². The summed E-state index contributed by atoms with van der Waals surface area (Å²) in [6.45, 7) is 0.764. The topological polar surface area (TPSA) is 71.1 Å². The van der Waals surface area contributed by atoms with Crippen molar-refractivity contribution in [3.63, 3.8) is 0 Å². The summed E-state index contributed by atoms with van der Waals surface area (Å²) in [5, 5.41) is 2.79. The maximum atomic E-state index is 11.4. The number of nitrogens with one attached hydrogen (secondary N) is 2. The number of aromatic nitrogens is 1. The third-order valence-corrected chi connectivity index (χ3v) is 3.19. The molecule has 0 unspecified atom stereocenters. The molecule has 1 aromatic heterocycles. The largest absolute Gasteiger partial charge is 0.319 e. The highest BCUT2D eigenvalue weighted by Gasteiger charge is 2.08. The molecule has 0 bridgehead atoms. The molecule has 15 heavy (non-hydrogen) atoms. The van der Waals surface area contributed by atoms with E-state index >= 15 is 0 Å². The molecule has 0 saturated carbocycles. The van der Waals surface area contributed by atoms with Crippen LogP contribution in [-0.2, 0) is 16.6 Å². The Hall–Kier alpha value is -0.980. The van der Waals surface area contributed by atoms with Gasteiger partial charge in [-0.2, -0.15) is 0 Å². The van der Waals surface area contributed by atoms with Gasteiger partial charge < -0.3 is 5.32 Å². The fourth-order valence-electron chi connectivity index (χ4n) is 1.00. The highest BCUT2D eigenvalue weighted by molar-refractivity contribution is 7.89. The molecule has 0 saturated heterocycles. The Labute approximate surface area is 90.0 Å². The van der Waals surface area contributed by atoms with E-state index in [4.69, 9.17) is 0 Å². The van der Waals surface area contributed by atoms with Crippen LogP contribution in [0.2, 0.25) is 0 Å². The lowest BCUT2D eigenvalue weighted by Crippen LogP contribution is -2.30. The van der Waals surface area contributed by atoms with Gasteiger partial charge in [-0.05, 0) is 24.7 Å². The van der Waals surface area contributed by atoms with E-state index in [0.29, 0.717) is 13.1 Å². The van der Waals surface area contributed by atoms with Gasteiger partial charge in [-0.15, -0.1) is 0 Å². The zero-order chi connectivity index (χ0) is 11.1. The van der Waals surface area contributed by atoms with Crippen LogP contribution in [0.1, 0.15) is 5.56 Å². The molecule has 1 heterocycles. The molecule has 2 N–H and O–H groups in total. The second-order valence-electron chi connectivity index (χ2n) is 3.10. The van der Waals surface area contributed by atoms with Crippen LogP contribution in [0.25, 0.3) is 0 Å². The van der Waals surface area contributed by atoms with Gasteiger partial charge in [0.2, 0.25) is 10.0 Å². The van der Waals surface area contributed by atoms with E-state index in [9.17, 15) is 8.42 Å². The first-order chi connectivity index (χ1) is 7.14. The Kier molecular flexibility index (Phi) is 4.67. The predicted octanol–water partition coefficient (Wildman–Crippen LogP) is -0.280. The Balaban J connectivity index is 2.43. The lowest BCUT2D eigenvalue weighted by Gasteiger charge is -2.05. The Bertz CT molecular complexity index is 378. The van der Waals surface area contributed by atoms with Crippen LogP contribution in [0.5, 0.6) is 0 Å². The Morgan fingerprint density at radius 1 is 1.33 bits per heavy atom. The summed E-state index contributed by atoms with van der Waals surface area (Å²) in [5.41, 5.74) is 0.901. The third-order valence-electron chi connectivity index (χ3n) is 1.87. The van der Waals surface area contributed by atoms with Crippen molar-refractivity contribution in [3.05, 3.63) is 30.1 Å². The molecule has 0 spiro atoms. The van der Waals surface area contributed by atoms with Gasteiger partial charge in [-0.1, -0.05) is 0 Å². The number of nitrogens with zero attached hydrogens (tertiary/aromatic N) is 1. The average molecular weight is 229 g/mol. The number of hydrogen-bond acceptors (Lipinski definition) is 4. The smallest absolute Gasteiger partial charge is 0.213 e. The summed E-state index contributed by atoms with van der Waals surface area (Å²) in [7, 11) is -1.45. The van der Waals surface area contributed by atoms with E-state index in [1.165, 1.54) is 0 Å². The van der Waals surface area contributed by atoms with E-state index in [0.717, 1.165) is 5.56 Å². The molecule has 0 atom stereocenters. The number of hydrogen-bond donors (Lipinski definition) is 2. The van der Waals surface area contributed by atoms with Gasteiger partial charge in [-0.25, -0.2) is 13.1 Å². The second-order valence-corrected chi connectivity index (χ2v) is 5.03. The van der Waals surface area contributed by atoms with Gasteiger partial charge in [0.15, 0.2) is 0 Å². The molecule has 6 heteroatoms. The maximum Gasteiger partial charge on any atom is 0.213 e. The second kappa shape index (κ2) is 5.79. The van der Waals surface area contributed by atoms with Gasteiger partial charge in [-0.3, -0.25) is 4.98 Å². The number of pyridine rings is 1. The first kappa shape index (κ1) is 12.1. The van der Waals surface area contributed by atoms with Crippen molar-refractivity contribution in [2.24, 2.45) is 0 Å². The highest BCUT2D eigenvalue weighted by Crippen LogP contribution is 1.96. The molecule has 0 fully saturated rings. The first-order valence-corrected chi connectivity index (χ1v) is 6.30. The van der Waals surface area contributed by atoms with Crippen LogP contribution < -0.4 is 10.0 Å². The summed E-state index contributed by atoms with van der Waals surface area (Å²) >= 11 is 0. The molecular weight excluding hydrogens is 214 g/mol. The summed E-state index contributed by atoms with van der Waals surface area (Å²) in [4.78, 5) is 3.85. The van der Waals surface area contributed by atoms with Crippen LogP contribution in [0.4, 0.5) is 0 Å². The molecule has 0 radical (unpaired) electrons. The summed E-state index contributed by atoms with van der Waals surface area (Å²) in [5.74, 6) is 0.0918. The zero-order valence-corrected chi connectivity index (χ0v) is 9.42. The molecule has 0 aliphatic rings. The lowest BCUT2D eigenvalue weighted by molar-refractivity contribution is 0.579. The fraction of sp³-hybridized carbons (Fsp3) is 0.444. The molecule has 0 aliphatic heterocycles. The number of sulfonamides is 1. The normalized spacial score (nSPS) is 11.5. The van der Waals surface area contributed by atoms with E-state index in [2.05, 4.69) is 15.0 Å². The summed E-state index contributed by atoms with van der Waals surface area (Å²) < 4.78 is 25.3. The molecule has 0 aliphatic carbocycles. The molecule has 5 nitrogen and oxygen atoms in total. The SMILES string of the molecule is CNCCS(=O)(=O)NCc1ccncc1. The third kappa shape index (κ3) is 4.87. The van der Waals surface area contributed by atoms with Crippen molar-refractivity contribution >= 4 is 10.0 Å². The van der Waals surface area contributed by atoms with E-state index < -0.39 is 10.0 Å². The standard InChI is InChI=1S/C9H15N3O2S/c1-10-6-7-15(13,14)12-8-9-2-4-11-5-3-9/h2-5,10,12H,6-8H2,1H3.